The van der Waals surface area contributed by atoms with E-state index < -0.39 is 17.3 Å². The molecule has 45 heavy (non-hydrogen) atoms. The topological polar surface area (TPSA) is 117 Å². The zero-order valence-electron chi connectivity index (χ0n) is 24.9. The minimum atomic E-state index is -4.49. The van der Waals surface area contributed by atoms with Gasteiger partial charge in [0.2, 0.25) is 0 Å². The molecule has 2 N–H and O–H groups in total. The van der Waals surface area contributed by atoms with Gasteiger partial charge in [0.15, 0.2) is 0 Å². The van der Waals surface area contributed by atoms with Gasteiger partial charge in [-0.05, 0) is 93.8 Å². The Morgan fingerprint density at radius 3 is 2.29 bits per heavy atom. The number of halogens is 3. The number of fused-ring (bicyclic) bond motifs is 1. The maximum atomic E-state index is 13.3. The zero-order valence-corrected chi connectivity index (χ0v) is 24.9. The Morgan fingerprint density at radius 1 is 0.867 bits per heavy atom. The SMILES string of the molecule is Cc1cc(Nc2cc(C(F)(F)F)ccn2)nc(-c2ccc(C3(O)CCN(C(=O)c4ccc5nc(C)c(C)nc5c4)CC3)nc2)c1. The fraction of sp³-hybridized carbons (Fsp3) is 0.273. The van der Waals surface area contributed by atoms with Crippen molar-refractivity contribution in [2.75, 3.05) is 18.4 Å². The van der Waals surface area contributed by atoms with E-state index >= 15 is 0 Å². The molecular formula is C33H30F3N7O2. The fourth-order valence-corrected chi connectivity index (χ4v) is 5.39. The number of carbonyl (C=O) groups is 1. The molecule has 0 bridgehead atoms. The Balaban J connectivity index is 1.14. The summed E-state index contributed by atoms with van der Waals surface area (Å²) in [7, 11) is 0. The third-order valence-electron chi connectivity index (χ3n) is 8.05. The first-order chi connectivity index (χ1) is 21.4. The second-order valence-corrected chi connectivity index (χ2v) is 11.3. The first-order valence-electron chi connectivity index (χ1n) is 14.4. The number of likely N-dealkylation sites (tertiary alicyclic amines) is 1. The first kappa shape index (κ1) is 30.1. The average Bonchev–Trinajstić information content (AvgIpc) is 3.01. The Hall–Kier alpha value is -4.97. The molecule has 5 aromatic rings. The van der Waals surface area contributed by atoms with Gasteiger partial charge in [-0.2, -0.15) is 13.2 Å². The summed E-state index contributed by atoms with van der Waals surface area (Å²) in [6, 6.07) is 14.2. The number of nitrogens with one attached hydrogen (secondary N) is 1. The third-order valence-corrected chi connectivity index (χ3v) is 8.05. The summed E-state index contributed by atoms with van der Waals surface area (Å²) in [5, 5.41) is 14.3. The summed E-state index contributed by atoms with van der Waals surface area (Å²) < 4.78 is 39.4. The van der Waals surface area contributed by atoms with Gasteiger partial charge >= 0.3 is 6.18 Å². The standard InChI is InChI=1S/C33H30F3N7O2/c1-19-14-26(41-30(15-19)42-29-17-24(8-11-37-29)33(34,35)36)23-5-7-28(38-18-23)32(45)9-12-43(13-10-32)31(44)22-4-6-25-27(16-22)40-21(3)20(2)39-25/h4-8,11,14-18,45H,9-10,12-13H2,1-3H3,(H,37,41,42). The van der Waals surface area contributed by atoms with E-state index in [1.165, 1.54) is 0 Å². The lowest BCUT2D eigenvalue weighted by Crippen LogP contribution is -2.45. The Labute approximate surface area is 257 Å². The summed E-state index contributed by atoms with van der Waals surface area (Å²) in [5.74, 6) is 0.228. The van der Waals surface area contributed by atoms with Gasteiger partial charge in [0.1, 0.15) is 17.2 Å². The van der Waals surface area contributed by atoms with Crippen molar-refractivity contribution in [1.29, 1.82) is 0 Å². The number of aryl methyl sites for hydroxylation is 3. The van der Waals surface area contributed by atoms with E-state index in [4.69, 9.17) is 0 Å². The first-order valence-corrected chi connectivity index (χ1v) is 14.4. The van der Waals surface area contributed by atoms with Crippen molar-refractivity contribution in [2.24, 2.45) is 0 Å². The number of hydrogen-bond donors (Lipinski definition) is 2. The minimum Gasteiger partial charge on any atom is -0.383 e. The molecule has 0 saturated carbocycles. The van der Waals surface area contributed by atoms with Crippen molar-refractivity contribution in [3.8, 4) is 11.3 Å². The molecule has 0 unspecified atom stereocenters. The van der Waals surface area contributed by atoms with Crippen molar-refractivity contribution < 1.29 is 23.1 Å². The molecule has 1 aromatic carbocycles. The summed E-state index contributed by atoms with van der Waals surface area (Å²) in [6.45, 7) is 6.34. The number of nitrogens with zero attached hydrogens (tertiary/aromatic N) is 6. The highest BCUT2D eigenvalue weighted by molar-refractivity contribution is 5.97. The number of pyridine rings is 3. The monoisotopic (exact) mass is 613 g/mol. The maximum Gasteiger partial charge on any atom is 0.416 e. The Kier molecular flexibility index (Phi) is 7.69. The number of carbonyl (C=O) groups excluding carboxylic acids is 1. The molecule has 0 spiro atoms. The van der Waals surface area contributed by atoms with Crippen LogP contribution in [0.3, 0.4) is 0 Å². The highest BCUT2D eigenvalue weighted by atomic mass is 19.4. The van der Waals surface area contributed by atoms with Crippen LogP contribution in [0.4, 0.5) is 24.8 Å². The number of aliphatic hydroxyl groups is 1. The number of benzene rings is 1. The van der Waals surface area contributed by atoms with Gasteiger partial charge in [-0.25, -0.2) is 19.9 Å². The number of alkyl halides is 3. The molecule has 0 atom stereocenters. The van der Waals surface area contributed by atoms with Crippen LogP contribution < -0.4 is 5.32 Å². The van der Waals surface area contributed by atoms with E-state index in [9.17, 15) is 23.1 Å². The molecular weight excluding hydrogens is 583 g/mol. The molecule has 12 heteroatoms. The number of amides is 1. The van der Waals surface area contributed by atoms with E-state index in [0.717, 1.165) is 40.8 Å². The van der Waals surface area contributed by atoms with Gasteiger partial charge in [-0.3, -0.25) is 9.78 Å². The van der Waals surface area contributed by atoms with Gasteiger partial charge < -0.3 is 15.3 Å². The normalized spacial score (nSPS) is 14.9. The van der Waals surface area contributed by atoms with E-state index in [1.54, 1.807) is 47.5 Å². The van der Waals surface area contributed by atoms with Crippen molar-refractivity contribution in [3.05, 3.63) is 101 Å². The molecule has 1 amide bonds. The van der Waals surface area contributed by atoms with Crippen molar-refractivity contribution in [2.45, 2.75) is 45.4 Å². The number of anilines is 2. The van der Waals surface area contributed by atoms with Crippen LogP contribution in [0.2, 0.25) is 0 Å². The molecule has 6 rings (SSSR count). The fourth-order valence-electron chi connectivity index (χ4n) is 5.39. The third kappa shape index (κ3) is 6.32. The van der Waals surface area contributed by atoms with Crippen LogP contribution in [0.5, 0.6) is 0 Å². The summed E-state index contributed by atoms with van der Waals surface area (Å²) in [6.07, 6.45) is -1.15. The van der Waals surface area contributed by atoms with E-state index in [-0.39, 0.29) is 11.7 Å². The Morgan fingerprint density at radius 2 is 1.60 bits per heavy atom. The molecule has 5 heterocycles. The summed E-state index contributed by atoms with van der Waals surface area (Å²) in [4.78, 5) is 37.2. The van der Waals surface area contributed by atoms with E-state index in [0.29, 0.717) is 59.8 Å². The maximum absolute atomic E-state index is 13.3. The van der Waals surface area contributed by atoms with Crippen LogP contribution in [-0.2, 0) is 11.8 Å². The second kappa shape index (κ2) is 11.5. The molecule has 230 valence electrons. The minimum absolute atomic E-state index is 0.0221. The van der Waals surface area contributed by atoms with Crippen LogP contribution >= 0.6 is 0 Å². The predicted octanol–water partition coefficient (Wildman–Crippen LogP) is 6.29. The molecule has 1 fully saturated rings. The molecule has 1 saturated heterocycles. The molecule has 9 nitrogen and oxygen atoms in total. The average molecular weight is 614 g/mol. The molecule has 1 aliphatic heterocycles. The number of hydrogen-bond acceptors (Lipinski definition) is 8. The second-order valence-electron chi connectivity index (χ2n) is 11.3. The van der Waals surface area contributed by atoms with Crippen LogP contribution in [0.1, 0.15) is 51.4 Å². The summed E-state index contributed by atoms with van der Waals surface area (Å²) >= 11 is 0. The lowest BCUT2D eigenvalue weighted by molar-refractivity contribution is -0.137. The van der Waals surface area contributed by atoms with Crippen LogP contribution in [0.15, 0.2) is 67.0 Å². The molecule has 0 radical (unpaired) electrons. The van der Waals surface area contributed by atoms with Crippen molar-refractivity contribution >= 4 is 28.6 Å². The Bertz CT molecular complexity index is 1900. The largest absolute Gasteiger partial charge is 0.416 e. The summed E-state index contributed by atoms with van der Waals surface area (Å²) in [5.41, 5.74) is 4.12. The lowest BCUT2D eigenvalue weighted by Gasteiger charge is -2.38. The van der Waals surface area contributed by atoms with Crippen LogP contribution in [0, 0.1) is 20.8 Å². The molecule has 0 aliphatic carbocycles. The number of aromatic nitrogens is 5. The van der Waals surface area contributed by atoms with Gasteiger partial charge in [-0.1, -0.05) is 0 Å². The van der Waals surface area contributed by atoms with Crippen molar-refractivity contribution in [3.63, 3.8) is 0 Å². The van der Waals surface area contributed by atoms with E-state index in [1.807, 2.05) is 26.8 Å². The van der Waals surface area contributed by atoms with Gasteiger partial charge in [0.25, 0.3) is 5.91 Å². The van der Waals surface area contributed by atoms with Crippen LogP contribution in [-0.4, -0.2) is 53.9 Å². The molecule has 4 aromatic heterocycles. The van der Waals surface area contributed by atoms with Gasteiger partial charge in [-0.15, -0.1) is 0 Å². The number of rotatable bonds is 5. The van der Waals surface area contributed by atoms with E-state index in [2.05, 4.69) is 30.2 Å². The van der Waals surface area contributed by atoms with Gasteiger partial charge in [0.05, 0.1) is 39.4 Å². The predicted molar refractivity (Wildman–Crippen MR) is 163 cm³/mol. The zero-order chi connectivity index (χ0) is 31.9. The molecule has 1 aliphatic rings. The smallest absolute Gasteiger partial charge is 0.383 e. The highest BCUT2D eigenvalue weighted by Crippen LogP contribution is 2.34. The number of piperidine rings is 1. The van der Waals surface area contributed by atoms with Crippen molar-refractivity contribution in [1.82, 2.24) is 29.8 Å². The van der Waals surface area contributed by atoms with Gasteiger partial charge in [0, 0.05) is 36.6 Å². The lowest BCUT2D eigenvalue weighted by atomic mass is 9.87. The highest BCUT2D eigenvalue weighted by Gasteiger charge is 2.37. The van der Waals surface area contributed by atoms with Crippen LogP contribution in [0.25, 0.3) is 22.3 Å². The quantitative estimate of drug-likeness (QED) is 0.238.